The molecule has 266 valence electrons. The van der Waals surface area contributed by atoms with E-state index < -0.39 is 65.9 Å². The third kappa shape index (κ3) is 12.5. The molecule has 47 heavy (non-hydrogen) atoms. The van der Waals surface area contributed by atoms with E-state index in [1.807, 2.05) is 6.92 Å². The molecule has 0 bridgehead atoms. The molecule has 1 aliphatic heterocycles. The van der Waals surface area contributed by atoms with Gasteiger partial charge < -0.3 is 46.1 Å². The Morgan fingerprint density at radius 3 is 2.40 bits per heavy atom. The first-order chi connectivity index (χ1) is 22.6. The Morgan fingerprint density at radius 1 is 1.00 bits per heavy atom. The van der Waals surface area contributed by atoms with Crippen LogP contribution < -0.4 is 16.0 Å². The number of H-pyrrole nitrogens is 1. The second-order valence-corrected chi connectivity index (χ2v) is 13.4. The number of aliphatic hydroxyl groups is 4. The summed E-state index contributed by atoms with van der Waals surface area (Å²) in [5.41, 5.74) is 0.757. The van der Waals surface area contributed by atoms with Crippen LogP contribution in [0, 0.1) is 0 Å². The number of rotatable bonds is 22. The van der Waals surface area contributed by atoms with E-state index in [0.29, 0.717) is 30.4 Å². The minimum absolute atomic E-state index is 0.0682. The van der Waals surface area contributed by atoms with Crippen LogP contribution in [-0.4, -0.2) is 123 Å². The van der Waals surface area contributed by atoms with Crippen molar-refractivity contribution < 1.29 is 47.4 Å². The number of aromatic amines is 1. The Morgan fingerprint density at radius 2 is 1.70 bits per heavy atom. The van der Waals surface area contributed by atoms with Crippen molar-refractivity contribution in [2.45, 2.75) is 114 Å². The highest BCUT2D eigenvalue weighted by Crippen LogP contribution is 2.26. The van der Waals surface area contributed by atoms with Gasteiger partial charge in [-0.15, -0.1) is 0 Å². The van der Waals surface area contributed by atoms with E-state index in [2.05, 4.69) is 35.9 Å². The maximum Gasteiger partial charge on any atom is 0.267 e. The number of hydrogen-bond acceptors (Lipinski definition) is 14. The highest BCUT2D eigenvalue weighted by Gasteiger charge is 2.48. The molecule has 18 heteroatoms. The quantitative estimate of drug-likeness (QED) is 0.0590. The van der Waals surface area contributed by atoms with Crippen LogP contribution in [0.2, 0.25) is 0 Å². The molecule has 0 aromatic carbocycles. The number of carbonyl (C=O) groups is 2. The van der Waals surface area contributed by atoms with Gasteiger partial charge in [0.2, 0.25) is 11.8 Å². The van der Waals surface area contributed by atoms with Crippen molar-refractivity contribution in [3.05, 3.63) is 12.7 Å². The molecule has 0 radical (unpaired) electrons. The highest BCUT2D eigenvalue weighted by molar-refractivity contribution is 7.86. The van der Waals surface area contributed by atoms with E-state index in [9.17, 15) is 38.4 Å². The van der Waals surface area contributed by atoms with Crippen molar-refractivity contribution in [2.75, 3.05) is 30.8 Å². The Labute approximate surface area is 274 Å². The van der Waals surface area contributed by atoms with Gasteiger partial charge in [0, 0.05) is 6.42 Å². The number of unbranched alkanes of at least 4 members (excludes halogenated alkanes) is 8. The summed E-state index contributed by atoms with van der Waals surface area (Å²) in [4.78, 5) is 39.9. The number of carbonyl (C=O) groups excluding carboxylic acids is 2. The maximum atomic E-state index is 12.6. The maximum absolute atomic E-state index is 12.6. The van der Waals surface area contributed by atoms with E-state index in [-0.39, 0.29) is 30.5 Å². The zero-order valence-corrected chi connectivity index (χ0v) is 27.5. The second kappa shape index (κ2) is 19.7. The zero-order chi connectivity index (χ0) is 34.2. The van der Waals surface area contributed by atoms with Crippen LogP contribution in [0.1, 0.15) is 77.6 Å². The van der Waals surface area contributed by atoms with Crippen molar-refractivity contribution in [1.29, 1.82) is 0 Å². The summed E-state index contributed by atoms with van der Waals surface area (Å²) in [6, 6.07) is -1.31. The fraction of sp³-hybridized carbons (Fsp3) is 0.759. The number of nitrogens with zero attached hydrogens (tertiary/aromatic N) is 3. The summed E-state index contributed by atoms with van der Waals surface area (Å²) in [6.45, 7) is 1.01. The number of hydrogen-bond donors (Lipinski definition) is 8. The number of anilines is 1. The summed E-state index contributed by atoms with van der Waals surface area (Å²) in [7, 11) is -3.40. The Bertz CT molecular complexity index is 1350. The SMILES string of the molecule is CCCCS(=O)(=O)OCCCCCCCCCCC(=O)NCC(=O)N[C@@H]1[C@@H](O)[C@@H](O)[C@@H](Nc2ncnc3nc[nH]c23)O[C@H]1C(O)CO. The second-order valence-electron chi connectivity index (χ2n) is 11.6. The molecular weight excluding hydrogens is 638 g/mol. The van der Waals surface area contributed by atoms with Crippen molar-refractivity contribution in [3.63, 3.8) is 0 Å². The van der Waals surface area contributed by atoms with Crippen LogP contribution in [0.25, 0.3) is 11.2 Å². The fourth-order valence-electron chi connectivity index (χ4n) is 5.17. The fourth-order valence-corrected chi connectivity index (χ4v) is 6.30. The topological polar surface area (TPSA) is 258 Å². The lowest BCUT2D eigenvalue weighted by atomic mass is 9.92. The summed E-state index contributed by atoms with van der Waals surface area (Å²) in [6.07, 6.45) is 3.99. The smallest absolute Gasteiger partial charge is 0.267 e. The van der Waals surface area contributed by atoms with Gasteiger partial charge in [0.1, 0.15) is 36.3 Å². The van der Waals surface area contributed by atoms with Gasteiger partial charge in [-0.3, -0.25) is 13.8 Å². The minimum Gasteiger partial charge on any atom is -0.394 e. The molecule has 0 aliphatic carbocycles. The van der Waals surface area contributed by atoms with Crippen molar-refractivity contribution in [3.8, 4) is 0 Å². The average Bonchev–Trinajstić information content (AvgIpc) is 3.55. The first-order valence-corrected chi connectivity index (χ1v) is 17.8. The van der Waals surface area contributed by atoms with Crippen LogP contribution in [0.4, 0.5) is 5.82 Å². The lowest BCUT2D eigenvalue weighted by Gasteiger charge is -2.44. The van der Waals surface area contributed by atoms with Crippen molar-refractivity contribution in [1.82, 2.24) is 30.6 Å². The first-order valence-electron chi connectivity index (χ1n) is 16.2. The Hall–Kier alpha value is -3.00. The monoisotopic (exact) mass is 687 g/mol. The molecule has 2 aromatic rings. The van der Waals surface area contributed by atoms with Gasteiger partial charge in [-0.2, -0.15) is 8.42 Å². The molecule has 0 spiro atoms. The average molecular weight is 688 g/mol. The molecular formula is C29H49N7O10S. The lowest BCUT2D eigenvalue weighted by Crippen LogP contribution is -2.68. The molecule has 6 atom stereocenters. The predicted octanol–water partition coefficient (Wildman–Crippen LogP) is -0.177. The van der Waals surface area contributed by atoms with Crippen LogP contribution >= 0.6 is 0 Å². The predicted molar refractivity (Wildman–Crippen MR) is 170 cm³/mol. The van der Waals surface area contributed by atoms with Gasteiger partial charge >= 0.3 is 0 Å². The van der Waals surface area contributed by atoms with Crippen LogP contribution in [0.5, 0.6) is 0 Å². The van der Waals surface area contributed by atoms with E-state index in [0.717, 1.165) is 44.9 Å². The molecule has 2 aromatic heterocycles. The number of fused-ring (bicyclic) bond motifs is 1. The van der Waals surface area contributed by atoms with Gasteiger partial charge in [-0.05, 0) is 19.3 Å². The molecule has 8 N–H and O–H groups in total. The molecule has 3 rings (SSSR count). The van der Waals surface area contributed by atoms with Gasteiger partial charge in [0.15, 0.2) is 17.7 Å². The van der Waals surface area contributed by atoms with Gasteiger partial charge in [-0.1, -0.05) is 51.9 Å². The molecule has 1 unspecified atom stereocenters. The molecule has 2 amide bonds. The summed E-state index contributed by atoms with van der Waals surface area (Å²) >= 11 is 0. The van der Waals surface area contributed by atoms with E-state index in [1.165, 1.54) is 12.7 Å². The molecule has 1 aliphatic rings. The number of amides is 2. The summed E-state index contributed by atoms with van der Waals surface area (Å²) < 4.78 is 34.1. The molecule has 1 fully saturated rings. The molecule has 0 saturated carbocycles. The molecule has 1 saturated heterocycles. The number of aromatic nitrogens is 4. The van der Waals surface area contributed by atoms with Crippen molar-refractivity contribution >= 4 is 38.9 Å². The number of imidazole rings is 1. The molecule has 17 nitrogen and oxygen atoms in total. The standard InChI is InChI=1S/C29H49N7O10S/c1-2-3-14-47(43,44)45-13-11-9-7-5-4-6-8-10-12-20(39)30-15-21(40)35-22-24(41)25(42)29(46-26(22)19(38)16-37)36-28-23-27(32-17-31-23)33-18-34-28/h17-19,22,24-26,29,37-38,41-42H,2-16H2,1H3,(H,30,39)(H,35,40)(H2,31,32,33,34,36)/t19?,22-,24-,25-,26+,29+/m1/s1. The van der Waals surface area contributed by atoms with Crippen LogP contribution in [0.3, 0.4) is 0 Å². The first kappa shape index (κ1) is 38.4. The summed E-state index contributed by atoms with van der Waals surface area (Å²) in [5.74, 6) is -0.722. The van der Waals surface area contributed by atoms with Crippen LogP contribution in [0.15, 0.2) is 12.7 Å². The minimum atomic E-state index is -3.40. The normalized spacial score (nSPS) is 22.2. The summed E-state index contributed by atoms with van der Waals surface area (Å²) in [5, 5.41) is 49.5. The number of ether oxygens (including phenoxy) is 1. The largest absolute Gasteiger partial charge is 0.394 e. The Balaban J connectivity index is 1.32. The third-order valence-corrected chi connectivity index (χ3v) is 9.15. The van der Waals surface area contributed by atoms with Crippen molar-refractivity contribution in [2.24, 2.45) is 0 Å². The zero-order valence-electron chi connectivity index (χ0n) is 26.7. The van der Waals surface area contributed by atoms with E-state index in [1.54, 1.807) is 0 Å². The highest BCUT2D eigenvalue weighted by atomic mass is 32.2. The van der Waals surface area contributed by atoms with Crippen LogP contribution in [-0.2, 0) is 28.6 Å². The third-order valence-electron chi connectivity index (χ3n) is 7.84. The lowest BCUT2D eigenvalue weighted by molar-refractivity contribution is -0.204. The van der Waals surface area contributed by atoms with Gasteiger partial charge in [0.05, 0.1) is 37.9 Å². The number of aliphatic hydroxyl groups excluding tert-OH is 4. The van der Waals surface area contributed by atoms with E-state index >= 15 is 0 Å². The molecule has 3 heterocycles. The van der Waals surface area contributed by atoms with Gasteiger partial charge in [0.25, 0.3) is 10.1 Å². The van der Waals surface area contributed by atoms with Gasteiger partial charge in [-0.25, -0.2) is 15.0 Å². The number of nitrogens with one attached hydrogen (secondary N) is 4. The van der Waals surface area contributed by atoms with E-state index in [4.69, 9.17) is 8.92 Å². The Kier molecular flexibility index (Phi) is 16.1.